The van der Waals surface area contributed by atoms with E-state index in [1.807, 2.05) is 0 Å². The first kappa shape index (κ1) is 18.4. The van der Waals surface area contributed by atoms with Gasteiger partial charge in [-0.25, -0.2) is 4.79 Å². The zero-order chi connectivity index (χ0) is 15.7. The molecule has 0 aromatic heterocycles. The number of carbonyl (C=O) groups excluding carboxylic acids is 1. The Morgan fingerprint density at radius 1 is 1.43 bits per heavy atom. The maximum atomic E-state index is 11.1. The topological polar surface area (TPSA) is 50.8 Å². The van der Waals surface area contributed by atoms with E-state index in [-0.39, 0.29) is 18.1 Å². The number of nitrogens with one attached hydrogen (secondary N) is 1. The Morgan fingerprint density at radius 3 is 2.81 bits per heavy atom. The van der Waals surface area contributed by atoms with Gasteiger partial charge in [0.1, 0.15) is 6.61 Å². The van der Waals surface area contributed by atoms with E-state index in [1.165, 1.54) is 25.7 Å². The van der Waals surface area contributed by atoms with E-state index < -0.39 is 0 Å². The van der Waals surface area contributed by atoms with Gasteiger partial charge in [0, 0.05) is 18.6 Å². The van der Waals surface area contributed by atoms with Crippen molar-refractivity contribution in [2.45, 2.75) is 45.1 Å². The standard InChI is InChI=1S/C16H32N2O3/c1-5-21-15(19)12-20-10-9-17-13-16(18(3)4)8-6-7-14(2)11-16/h14,17H,5-13H2,1-4H3. The number of hydrogen-bond acceptors (Lipinski definition) is 5. The van der Waals surface area contributed by atoms with Crippen molar-refractivity contribution in [3.63, 3.8) is 0 Å². The van der Waals surface area contributed by atoms with E-state index in [0.29, 0.717) is 13.2 Å². The van der Waals surface area contributed by atoms with Gasteiger partial charge in [0.05, 0.1) is 13.2 Å². The lowest BCUT2D eigenvalue weighted by Crippen LogP contribution is -2.54. The molecule has 0 aliphatic heterocycles. The molecule has 21 heavy (non-hydrogen) atoms. The largest absolute Gasteiger partial charge is 0.464 e. The average molecular weight is 300 g/mol. The van der Waals surface area contributed by atoms with E-state index in [1.54, 1.807) is 6.92 Å². The molecule has 5 nitrogen and oxygen atoms in total. The SMILES string of the molecule is CCOC(=O)COCCNCC1(N(C)C)CCCC(C)C1. The smallest absolute Gasteiger partial charge is 0.332 e. The summed E-state index contributed by atoms with van der Waals surface area (Å²) in [6.45, 7) is 6.88. The number of likely N-dealkylation sites (N-methyl/N-ethyl adjacent to an activating group) is 1. The Balaban J connectivity index is 2.21. The highest BCUT2D eigenvalue weighted by Crippen LogP contribution is 2.35. The molecule has 0 aromatic carbocycles. The fourth-order valence-electron chi connectivity index (χ4n) is 3.18. The number of hydrogen-bond donors (Lipinski definition) is 1. The third-order valence-electron chi connectivity index (χ3n) is 4.42. The molecule has 0 heterocycles. The molecule has 1 aliphatic rings. The Morgan fingerprint density at radius 2 is 2.19 bits per heavy atom. The second-order valence-electron chi connectivity index (χ2n) is 6.35. The van der Waals surface area contributed by atoms with Crippen LogP contribution in [-0.2, 0) is 14.3 Å². The third-order valence-corrected chi connectivity index (χ3v) is 4.42. The van der Waals surface area contributed by atoms with Gasteiger partial charge in [-0.15, -0.1) is 0 Å². The summed E-state index contributed by atoms with van der Waals surface area (Å²) < 4.78 is 10.1. The van der Waals surface area contributed by atoms with Crippen LogP contribution in [0.25, 0.3) is 0 Å². The van der Waals surface area contributed by atoms with Crippen molar-refractivity contribution in [1.29, 1.82) is 0 Å². The Hall–Kier alpha value is -0.650. The molecular weight excluding hydrogens is 268 g/mol. The molecule has 1 rings (SSSR count). The van der Waals surface area contributed by atoms with Gasteiger partial charge in [-0.3, -0.25) is 0 Å². The van der Waals surface area contributed by atoms with Crippen molar-refractivity contribution in [2.24, 2.45) is 5.92 Å². The first-order chi connectivity index (χ1) is 10.00. The van der Waals surface area contributed by atoms with Crippen LogP contribution in [0.5, 0.6) is 0 Å². The highest BCUT2D eigenvalue weighted by molar-refractivity contribution is 5.70. The predicted octanol–water partition coefficient (Wildman–Crippen LogP) is 1.67. The number of esters is 1. The summed E-state index contributed by atoms with van der Waals surface area (Å²) in [5, 5.41) is 3.48. The highest BCUT2D eigenvalue weighted by Gasteiger charge is 2.36. The fourth-order valence-corrected chi connectivity index (χ4v) is 3.18. The maximum Gasteiger partial charge on any atom is 0.332 e. The van der Waals surface area contributed by atoms with Gasteiger partial charge in [-0.2, -0.15) is 0 Å². The number of rotatable bonds is 9. The summed E-state index contributed by atoms with van der Waals surface area (Å²) in [5.74, 6) is 0.506. The molecule has 0 radical (unpaired) electrons. The van der Waals surface area contributed by atoms with Crippen LogP contribution >= 0.6 is 0 Å². The molecule has 1 saturated carbocycles. The molecule has 0 saturated heterocycles. The Bertz CT molecular complexity index is 310. The summed E-state index contributed by atoms with van der Waals surface area (Å²) in [7, 11) is 4.36. The van der Waals surface area contributed by atoms with Crippen LogP contribution in [0.4, 0.5) is 0 Å². The zero-order valence-corrected chi connectivity index (χ0v) is 14.1. The lowest BCUT2D eigenvalue weighted by molar-refractivity contribution is -0.148. The summed E-state index contributed by atoms with van der Waals surface area (Å²) in [6, 6.07) is 0. The molecule has 1 aliphatic carbocycles. The van der Waals surface area contributed by atoms with Gasteiger partial charge in [-0.05, 0) is 39.8 Å². The summed E-state index contributed by atoms with van der Waals surface area (Å²) in [4.78, 5) is 13.5. The van der Waals surface area contributed by atoms with Crippen LogP contribution in [0.3, 0.4) is 0 Å². The van der Waals surface area contributed by atoms with Gasteiger partial charge >= 0.3 is 5.97 Å². The highest BCUT2D eigenvalue weighted by atomic mass is 16.6. The molecule has 2 unspecified atom stereocenters. The van der Waals surface area contributed by atoms with Gasteiger partial charge in [0.2, 0.25) is 0 Å². The lowest BCUT2D eigenvalue weighted by atomic mass is 9.75. The van der Waals surface area contributed by atoms with Crippen LogP contribution in [-0.4, -0.2) is 63.4 Å². The molecule has 0 bridgehead atoms. The van der Waals surface area contributed by atoms with Crippen LogP contribution in [0.2, 0.25) is 0 Å². The normalized spacial score (nSPS) is 26.0. The molecule has 1 fully saturated rings. The van der Waals surface area contributed by atoms with Gasteiger partial charge in [0.25, 0.3) is 0 Å². The van der Waals surface area contributed by atoms with Crippen molar-refractivity contribution in [1.82, 2.24) is 10.2 Å². The van der Waals surface area contributed by atoms with E-state index in [0.717, 1.165) is 19.0 Å². The number of nitrogens with zero attached hydrogens (tertiary/aromatic N) is 1. The van der Waals surface area contributed by atoms with Gasteiger partial charge in [-0.1, -0.05) is 19.8 Å². The van der Waals surface area contributed by atoms with Crippen molar-refractivity contribution >= 4 is 5.97 Å². The monoisotopic (exact) mass is 300 g/mol. The Kier molecular flexibility index (Phi) is 8.22. The second-order valence-corrected chi connectivity index (χ2v) is 6.35. The van der Waals surface area contributed by atoms with Crippen LogP contribution < -0.4 is 5.32 Å². The molecular formula is C16H32N2O3. The first-order valence-corrected chi connectivity index (χ1v) is 8.11. The molecule has 124 valence electrons. The second kappa shape index (κ2) is 9.38. The first-order valence-electron chi connectivity index (χ1n) is 8.11. The number of ether oxygens (including phenoxy) is 2. The minimum atomic E-state index is -0.289. The minimum absolute atomic E-state index is 0.0470. The molecule has 1 N–H and O–H groups in total. The predicted molar refractivity (Wildman–Crippen MR) is 84.4 cm³/mol. The Labute approximate surface area is 129 Å². The van der Waals surface area contributed by atoms with E-state index in [2.05, 4.69) is 31.2 Å². The summed E-state index contributed by atoms with van der Waals surface area (Å²) >= 11 is 0. The van der Waals surface area contributed by atoms with Crippen LogP contribution in [0.1, 0.15) is 39.5 Å². The van der Waals surface area contributed by atoms with Gasteiger partial charge in [0.15, 0.2) is 0 Å². The van der Waals surface area contributed by atoms with Crippen molar-refractivity contribution in [3.8, 4) is 0 Å². The minimum Gasteiger partial charge on any atom is -0.464 e. The number of carbonyl (C=O) groups is 1. The third kappa shape index (κ3) is 6.32. The van der Waals surface area contributed by atoms with Crippen molar-refractivity contribution in [3.05, 3.63) is 0 Å². The van der Waals surface area contributed by atoms with Crippen molar-refractivity contribution < 1.29 is 14.3 Å². The van der Waals surface area contributed by atoms with E-state index >= 15 is 0 Å². The summed E-state index contributed by atoms with van der Waals surface area (Å²) in [5.41, 5.74) is 0.263. The molecule has 2 atom stereocenters. The van der Waals surface area contributed by atoms with E-state index in [4.69, 9.17) is 9.47 Å². The van der Waals surface area contributed by atoms with E-state index in [9.17, 15) is 4.79 Å². The fraction of sp³-hybridized carbons (Fsp3) is 0.938. The lowest BCUT2D eigenvalue weighted by Gasteiger charge is -2.45. The zero-order valence-electron chi connectivity index (χ0n) is 14.1. The van der Waals surface area contributed by atoms with Gasteiger partial charge < -0.3 is 19.7 Å². The maximum absolute atomic E-state index is 11.1. The molecule has 0 aromatic rings. The molecule has 0 amide bonds. The molecule has 5 heteroatoms. The van der Waals surface area contributed by atoms with Crippen LogP contribution in [0.15, 0.2) is 0 Å². The summed E-state index contributed by atoms with van der Waals surface area (Å²) in [6.07, 6.45) is 5.15. The van der Waals surface area contributed by atoms with Crippen molar-refractivity contribution in [2.75, 3.05) is 47.0 Å². The average Bonchev–Trinajstić information content (AvgIpc) is 2.43. The quantitative estimate of drug-likeness (QED) is 0.518. The molecule has 0 spiro atoms. The van der Waals surface area contributed by atoms with Crippen LogP contribution in [0, 0.1) is 5.92 Å².